The Labute approximate surface area is 176 Å². The Hall–Kier alpha value is -3.93. The molecule has 12 heteroatoms. The summed E-state index contributed by atoms with van der Waals surface area (Å²) in [5, 5.41) is 23.5. The molecule has 0 aliphatic carbocycles. The van der Waals surface area contributed by atoms with Crippen LogP contribution in [-0.4, -0.2) is 63.0 Å². The lowest BCUT2D eigenvalue weighted by molar-refractivity contribution is -0.143. The zero-order valence-corrected chi connectivity index (χ0v) is 16.3. The number of rotatable bonds is 11. The van der Waals surface area contributed by atoms with Crippen molar-refractivity contribution in [2.45, 2.75) is 37.4 Å². The summed E-state index contributed by atoms with van der Waals surface area (Å²) >= 11 is 0. The van der Waals surface area contributed by atoms with Gasteiger partial charge in [0.1, 0.15) is 12.1 Å². The summed E-state index contributed by atoms with van der Waals surface area (Å²) in [7, 11) is 0. The van der Waals surface area contributed by atoms with Crippen LogP contribution in [0.25, 0.3) is 10.9 Å². The van der Waals surface area contributed by atoms with Gasteiger partial charge in [-0.05, 0) is 11.6 Å². The molecule has 2 aromatic rings. The monoisotopic (exact) mass is 433 g/mol. The first-order valence-corrected chi connectivity index (χ1v) is 9.22. The second-order valence-electron chi connectivity index (χ2n) is 6.90. The first-order chi connectivity index (χ1) is 14.6. The van der Waals surface area contributed by atoms with E-state index in [9.17, 15) is 29.1 Å². The number of aromatic nitrogens is 1. The molecule has 0 saturated heterocycles. The summed E-state index contributed by atoms with van der Waals surface area (Å²) < 4.78 is 0. The molecule has 31 heavy (non-hydrogen) atoms. The number of nitrogens with one attached hydrogen (secondary N) is 3. The minimum absolute atomic E-state index is 0.0686. The molecule has 1 aromatic heterocycles. The fourth-order valence-corrected chi connectivity index (χ4v) is 2.96. The number of benzene rings is 1. The Bertz CT molecular complexity index is 1000. The van der Waals surface area contributed by atoms with Crippen LogP contribution in [0.4, 0.5) is 0 Å². The Morgan fingerprint density at radius 1 is 0.968 bits per heavy atom. The van der Waals surface area contributed by atoms with Gasteiger partial charge in [0.15, 0.2) is 0 Å². The van der Waals surface area contributed by atoms with Crippen molar-refractivity contribution in [2.24, 2.45) is 11.5 Å². The average molecular weight is 433 g/mol. The van der Waals surface area contributed by atoms with E-state index in [1.807, 2.05) is 12.1 Å². The molecule has 1 heterocycles. The molecular formula is C19H23N5O7. The van der Waals surface area contributed by atoms with E-state index in [0.717, 1.165) is 10.9 Å². The number of aliphatic carboxylic acids is 2. The van der Waals surface area contributed by atoms with Crippen molar-refractivity contribution in [1.82, 2.24) is 15.6 Å². The Morgan fingerprint density at radius 2 is 1.61 bits per heavy atom. The first-order valence-electron chi connectivity index (χ1n) is 9.22. The fourth-order valence-electron chi connectivity index (χ4n) is 2.96. The van der Waals surface area contributed by atoms with Crippen molar-refractivity contribution < 1.29 is 34.2 Å². The number of carbonyl (C=O) groups is 5. The Balaban J connectivity index is 2.14. The molecule has 0 radical (unpaired) electrons. The van der Waals surface area contributed by atoms with Crippen LogP contribution in [0, 0.1) is 0 Å². The van der Waals surface area contributed by atoms with Crippen molar-refractivity contribution in [3.63, 3.8) is 0 Å². The third-order valence-electron chi connectivity index (χ3n) is 4.48. The van der Waals surface area contributed by atoms with Gasteiger partial charge in [0.2, 0.25) is 17.7 Å². The highest BCUT2D eigenvalue weighted by Crippen LogP contribution is 2.19. The summed E-state index contributed by atoms with van der Waals surface area (Å²) in [5.41, 5.74) is 12.0. The quantitative estimate of drug-likeness (QED) is 0.219. The van der Waals surface area contributed by atoms with E-state index < -0.39 is 60.6 Å². The van der Waals surface area contributed by atoms with Gasteiger partial charge < -0.3 is 37.3 Å². The highest BCUT2D eigenvalue weighted by molar-refractivity contribution is 5.95. The predicted molar refractivity (Wildman–Crippen MR) is 108 cm³/mol. The smallest absolute Gasteiger partial charge is 0.326 e. The highest BCUT2D eigenvalue weighted by atomic mass is 16.4. The van der Waals surface area contributed by atoms with Gasteiger partial charge in [-0.15, -0.1) is 0 Å². The predicted octanol–water partition coefficient (Wildman–Crippen LogP) is -1.56. The standard InChI is InChI=1S/C19H23N5O7/c20-11(6-16(26)27)17(28)23-13(7-15(21)25)18(29)24-14(19(30)31)5-9-8-22-12-4-2-1-3-10(9)12/h1-4,8,11,13-14,22H,5-7,20H2,(H2,21,25)(H,23,28)(H,24,29)(H,26,27)(H,30,31)/t11-,13-,14-/m0/s1. The zero-order chi connectivity index (χ0) is 23.1. The minimum atomic E-state index is -1.52. The largest absolute Gasteiger partial charge is 0.481 e. The highest BCUT2D eigenvalue weighted by Gasteiger charge is 2.30. The number of carboxylic acids is 2. The van der Waals surface area contributed by atoms with E-state index >= 15 is 0 Å². The summed E-state index contributed by atoms with van der Waals surface area (Å²) in [6.45, 7) is 0. The molecule has 12 nitrogen and oxygen atoms in total. The molecule has 0 saturated carbocycles. The van der Waals surface area contributed by atoms with E-state index in [1.54, 1.807) is 18.3 Å². The van der Waals surface area contributed by atoms with Crippen molar-refractivity contribution in [3.05, 3.63) is 36.0 Å². The van der Waals surface area contributed by atoms with Gasteiger partial charge >= 0.3 is 11.9 Å². The van der Waals surface area contributed by atoms with Crippen LogP contribution < -0.4 is 22.1 Å². The summed E-state index contributed by atoms with van der Waals surface area (Å²) in [6.07, 6.45) is 0.229. The average Bonchev–Trinajstić information content (AvgIpc) is 3.08. The Kier molecular flexibility index (Phi) is 7.69. The normalized spacial score (nSPS) is 13.7. The second kappa shape index (κ2) is 10.2. The number of fused-ring (bicyclic) bond motifs is 1. The van der Waals surface area contributed by atoms with Crippen LogP contribution in [-0.2, 0) is 30.4 Å². The van der Waals surface area contributed by atoms with Gasteiger partial charge in [-0.1, -0.05) is 18.2 Å². The number of para-hydroxylation sites is 1. The number of amides is 3. The van der Waals surface area contributed by atoms with Crippen molar-refractivity contribution in [2.75, 3.05) is 0 Å². The number of primary amides is 1. The molecule has 166 valence electrons. The number of hydrogen-bond acceptors (Lipinski definition) is 6. The van der Waals surface area contributed by atoms with E-state index in [0.29, 0.717) is 5.56 Å². The molecule has 0 bridgehead atoms. The second-order valence-corrected chi connectivity index (χ2v) is 6.90. The van der Waals surface area contributed by atoms with E-state index in [4.69, 9.17) is 16.6 Å². The summed E-state index contributed by atoms with van der Waals surface area (Å²) in [5.74, 6) is -5.56. The van der Waals surface area contributed by atoms with Crippen LogP contribution in [0.5, 0.6) is 0 Å². The van der Waals surface area contributed by atoms with Gasteiger partial charge in [-0.3, -0.25) is 19.2 Å². The van der Waals surface area contributed by atoms with Gasteiger partial charge in [-0.2, -0.15) is 0 Å². The van der Waals surface area contributed by atoms with Crippen molar-refractivity contribution in [3.8, 4) is 0 Å². The van der Waals surface area contributed by atoms with Crippen molar-refractivity contribution in [1.29, 1.82) is 0 Å². The number of carboxylic acid groups (broad SMARTS) is 2. The third kappa shape index (κ3) is 6.54. The molecular weight excluding hydrogens is 410 g/mol. The molecule has 3 atom stereocenters. The van der Waals surface area contributed by atoms with Crippen LogP contribution >= 0.6 is 0 Å². The lowest BCUT2D eigenvalue weighted by Gasteiger charge is -2.22. The SMILES string of the molecule is NC(=O)C[C@H](NC(=O)[C@@H](N)CC(=O)O)C(=O)N[C@@H](Cc1c[nH]c2ccccc12)C(=O)O. The van der Waals surface area contributed by atoms with Crippen LogP contribution in [0.2, 0.25) is 0 Å². The van der Waals surface area contributed by atoms with Gasteiger partial charge in [0.25, 0.3) is 0 Å². The van der Waals surface area contributed by atoms with E-state index in [1.165, 1.54) is 0 Å². The number of carbonyl (C=O) groups excluding carboxylic acids is 3. The topological polar surface area (TPSA) is 218 Å². The molecule has 2 rings (SSSR count). The molecule has 0 spiro atoms. The van der Waals surface area contributed by atoms with E-state index in [-0.39, 0.29) is 6.42 Å². The number of hydrogen-bond donors (Lipinski definition) is 7. The summed E-state index contributed by atoms with van der Waals surface area (Å²) in [4.78, 5) is 61.4. The van der Waals surface area contributed by atoms with Gasteiger partial charge in [-0.25, -0.2) is 4.79 Å². The lowest BCUT2D eigenvalue weighted by atomic mass is 10.0. The maximum Gasteiger partial charge on any atom is 0.326 e. The number of H-pyrrole nitrogens is 1. The minimum Gasteiger partial charge on any atom is -0.481 e. The molecule has 0 unspecified atom stereocenters. The molecule has 0 aliphatic heterocycles. The summed E-state index contributed by atoms with van der Waals surface area (Å²) in [6, 6.07) is 2.84. The third-order valence-corrected chi connectivity index (χ3v) is 4.48. The van der Waals surface area contributed by atoms with Gasteiger partial charge in [0, 0.05) is 23.5 Å². The lowest BCUT2D eigenvalue weighted by Crippen LogP contribution is -2.56. The fraction of sp³-hybridized carbons (Fsp3) is 0.316. The van der Waals surface area contributed by atoms with Crippen molar-refractivity contribution >= 4 is 40.6 Å². The maximum atomic E-state index is 12.6. The van der Waals surface area contributed by atoms with Crippen LogP contribution in [0.15, 0.2) is 30.5 Å². The molecule has 3 amide bonds. The van der Waals surface area contributed by atoms with Gasteiger partial charge in [0.05, 0.1) is 18.9 Å². The van der Waals surface area contributed by atoms with Crippen LogP contribution in [0.1, 0.15) is 18.4 Å². The van der Waals surface area contributed by atoms with Crippen LogP contribution in [0.3, 0.4) is 0 Å². The Morgan fingerprint density at radius 3 is 2.23 bits per heavy atom. The molecule has 1 aromatic carbocycles. The molecule has 0 fully saturated rings. The van der Waals surface area contributed by atoms with E-state index in [2.05, 4.69) is 15.6 Å². The molecule has 0 aliphatic rings. The molecule has 9 N–H and O–H groups in total. The number of nitrogens with two attached hydrogens (primary N) is 2. The first kappa shape index (κ1) is 23.3. The maximum absolute atomic E-state index is 12.6. The number of aromatic amines is 1. The zero-order valence-electron chi connectivity index (χ0n) is 16.3.